The zero-order valence-electron chi connectivity index (χ0n) is 7.68. The average molecular weight is 184 g/mol. The smallest absolute Gasteiger partial charge is 0.0705 e. The number of benzene rings is 1. The monoisotopic (exact) mass is 184 g/mol. The van der Waals surface area contributed by atoms with E-state index >= 15 is 0 Å². The maximum Gasteiger partial charge on any atom is 0.0705 e. The Hall–Kier alpha value is -2.06. The molecule has 0 amide bonds. The molecule has 0 aliphatic rings. The summed E-state index contributed by atoms with van der Waals surface area (Å²) >= 11 is 0. The molecule has 4 nitrogen and oxygen atoms in total. The summed E-state index contributed by atoms with van der Waals surface area (Å²) in [5.41, 5.74) is 10.6. The fourth-order valence-electron chi connectivity index (χ4n) is 1.35. The molecule has 68 valence electrons. The highest BCUT2D eigenvalue weighted by Gasteiger charge is 1.99. The Balaban J connectivity index is 2.76. The van der Waals surface area contributed by atoms with Crippen molar-refractivity contribution < 1.29 is 0 Å². The summed E-state index contributed by atoms with van der Waals surface area (Å²) in [5.74, 6) is 0. The van der Waals surface area contributed by atoms with E-state index < -0.39 is 0 Å². The van der Waals surface area contributed by atoms with E-state index in [1.54, 1.807) is 0 Å². The van der Waals surface area contributed by atoms with Crippen LogP contribution in [0.3, 0.4) is 0 Å². The van der Waals surface area contributed by atoms with Crippen LogP contribution >= 0.6 is 0 Å². The van der Waals surface area contributed by atoms with Crippen LogP contribution in [0.1, 0.15) is 5.69 Å². The summed E-state index contributed by atoms with van der Waals surface area (Å²) in [4.78, 5) is 7.09. The molecule has 0 unspecified atom stereocenters. The van der Waals surface area contributed by atoms with Crippen LogP contribution in [0.5, 0.6) is 0 Å². The normalized spacial score (nSPS) is 9.79. The third-order valence-corrected chi connectivity index (χ3v) is 2.04. The van der Waals surface area contributed by atoms with E-state index in [0.29, 0.717) is 5.69 Å². The molecule has 0 bridgehead atoms. The predicted octanol–water partition coefficient (Wildman–Crippen LogP) is 3.49. The Kier molecular flexibility index (Phi) is 2.05. The molecule has 0 atom stereocenters. The van der Waals surface area contributed by atoms with Gasteiger partial charge in [0.2, 0.25) is 0 Å². The van der Waals surface area contributed by atoms with E-state index in [-0.39, 0.29) is 0 Å². The summed E-state index contributed by atoms with van der Waals surface area (Å²) < 4.78 is 0. The maximum absolute atomic E-state index is 8.35. The van der Waals surface area contributed by atoms with Crippen molar-refractivity contribution in [2.75, 3.05) is 0 Å². The second-order valence-electron chi connectivity index (χ2n) is 2.98. The molecular formula is C10H8N4. The van der Waals surface area contributed by atoms with E-state index in [0.717, 1.165) is 16.6 Å². The van der Waals surface area contributed by atoms with Crippen molar-refractivity contribution in [1.29, 1.82) is 0 Å². The van der Waals surface area contributed by atoms with E-state index in [1.165, 1.54) is 0 Å². The third kappa shape index (κ3) is 1.39. The van der Waals surface area contributed by atoms with Gasteiger partial charge in [0, 0.05) is 16.0 Å². The largest absolute Gasteiger partial charge is 0.253 e. The van der Waals surface area contributed by atoms with Crippen LogP contribution < -0.4 is 0 Å². The standard InChI is InChI=1S/C10H8N4/c1-7-10(13-14-11)6-8-4-2-3-5-9(8)12-7/h2-6H,1H3. The molecule has 2 rings (SSSR count). The number of para-hydroxylation sites is 1. The van der Waals surface area contributed by atoms with Crippen molar-refractivity contribution in [1.82, 2.24) is 4.98 Å². The number of rotatable bonds is 1. The summed E-state index contributed by atoms with van der Waals surface area (Å²) in [5, 5.41) is 4.56. The fraction of sp³-hybridized carbons (Fsp3) is 0.100. The molecular weight excluding hydrogens is 176 g/mol. The maximum atomic E-state index is 8.35. The van der Waals surface area contributed by atoms with Gasteiger partial charge in [0.05, 0.1) is 11.2 Å². The average Bonchev–Trinajstić information content (AvgIpc) is 2.19. The Morgan fingerprint density at radius 2 is 2.14 bits per heavy atom. The van der Waals surface area contributed by atoms with E-state index in [9.17, 15) is 0 Å². The molecule has 0 spiro atoms. The molecule has 4 heteroatoms. The van der Waals surface area contributed by atoms with Gasteiger partial charge in [-0.3, -0.25) is 4.98 Å². The first-order valence-electron chi connectivity index (χ1n) is 4.23. The van der Waals surface area contributed by atoms with E-state index in [4.69, 9.17) is 5.53 Å². The van der Waals surface area contributed by atoms with Crippen LogP contribution in [0.15, 0.2) is 35.4 Å². The van der Waals surface area contributed by atoms with Crippen LogP contribution in [-0.2, 0) is 0 Å². The van der Waals surface area contributed by atoms with Gasteiger partial charge in [-0.2, -0.15) is 0 Å². The van der Waals surface area contributed by atoms with Gasteiger partial charge in [-0.05, 0) is 24.6 Å². The lowest BCUT2D eigenvalue weighted by atomic mass is 10.2. The van der Waals surface area contributed by atoms with Crippen molar-refractivity contribution in [2.24, 2.45) is 5.11 Å². The topological polar surface area (TPSA) is 61.7 Å². The van der Waals surface area contributed by atoms with Crippen molar-refractivity contribution in [3.8, 4) is 0 Å². The van der Waals surface area contributed by atoms with Gasteiger partial charge in [0.25, 0.3) is 0 Å². The molecule has 0 saturated heterocycles. The minimum atomic E-state index is 0.589. The van der Waals surface area contributed by atoms with E-state index in [1.807, 2.05) is 37.3 Å². The molecule has 0 fully saturated rings. The number of azide groups is 1. The molecule has 0 N–H and O–H groups in total. The van der Waals surface area contributed by atoms with Crippen LogP contribution in [-0.4, -0.2) is 4.98 Å². The summed E-state index contributed by atoms with van der Waals surface area (Å²) in [6.07, 6.45) is 0. The predicted molar refractivity (Wildman–Crippen MR) is 55.3 cm³/mol. The zero-order valence-corrected chi connectivity index (χ0v) is 7.68. The highest BCUT2D eigenvalue weighted by molar-refractivity contribution is 5.81. The van der Waals surface area contributed by atoms with Gasteiger partial charge in [0.1, 0.15) is 0 Å². The SMILES string of the molecule is Cc1nc2ccccc2cc1N=[N+]=[N-]. The Bertz CT molecular complexity index is 527. The molecule has 1 heterocycles. The second-order valence-corrected chi connectivity index (χ2v) is 2.98. The minimum Gasteiger partial charge on any atom is -0.253 e. The first-order valence-corrected chi connectivity index (χ1v) is 4.23. The Morgan fingerprint density at radius 1 is 1.36 bits per heavy atom. The summed E-state index contributed by atoms with van der Waals surface area (Å²) in [7, 11) is 0. The lowest BCUT2D eigenvalue weighted by Crippen LogP contribution is -1.83. The first-order chi connectivity index (χ1) is 6.81. The second kappa shape index (κ2) is 3.36. The number of aromatic nitrogens is 1. The highest BCUT2D eigenvalue weighted by atomic mass is 15.1. The summed E-state index contributed by atoms with van der Waals surface area (Å²) in [6.45, 7) is 1.83. The number of hydrogen-bond donors (Lipinski definition) is 0. The molecule has 0 saturated carbocycles. The zero-order chi connectivity index (χ0) is 9.97. The summed E-state index contributed by atoms with van der Waals surface area (Å²) in [6, 6.07) is 9.58. The van der Waals surface area contributed by atoms with Crippen LogP contribution in [0, 0.1) is 6.92 Å². The van der Waals surface area contributed by atoms with Gasteiger partial charge >= 0.3 is 0 Å². The number of hydrogen-bond acceptors (Lipinski definition) is 2. The van der Waals surface area contributed by atoms with Crippen LogP contribution in [0.2, 0.25) is 0 Å². The molecule has 0 aliphatic heterocycles. The van der Waals surface area contributed by atoms with E-state index in [2.05, 4.69) is 15.0 Å². The molecule has 1 aromatic heterocycles. The van der Waals surface area contributed by atoms with Crippen molar-refractivity contribution in [3.05, 3.63) is 46.5 Å². The van der Waals surface area contributed by atoms with Crippen molar-refractivity contribution in [3.63, 3.8) is 0 Å². The Morgan fingerprint density at radius 3 is 2.93 bits per heavy atom. The quantitative estimate of drug-likeness (QED) is 0.380. The third-order valence-electron chi connectivity index (χ3n) is 2.04. The number of aryl methyl sites for hydroxylation is 1. The number of pyridine rings is 1. The van der Waals surface area contributed by atoms with Gasteiger partial charge in [-0.1, -0.05) is 23.3 Å². The number of fused-ring (bicyclic) bond motifs is 1. The van der Waals surface area contributed by atoms with Gasteiger partial charge in [0.15, 0.2) is 0 Å². The van der Waals surface area contributed by atoms with Gasteiger partial charge in [-0.25, -0.2) is 0 Å². The molecule has 0 aliphatic carbocycles. The lowest BCUT2D eigenvalue weighted by molar-refractivity contribution is 1.23. The van der Waals surface area contributed by atoms with Gasteiger partial charge < -0.3 is 0 Å². The Labute approximate surface area is 80.8 Å². The lowest BCUT2D eigenvalue weighted by Gasteiger charge is -2.01. The molecule has 14 heavy (non-hydrogen) atoms. The molecule has 1 aromatic carbocycles. The van der Waals surface area contributed by atoms with Gasteiger partial charge in [-0.15, -0.1) is 0 Å². The van der Waals surface area contributed by atoms with Crippen LogP contribution in [0.4, 0.5) is 5.69 Å². The first kappa shape index (κ1) is 8.53. The van der Waals surface area contributed by atoms with Crippen LogP contribution in [0.25, 0.3) is 21.3 Å². The highest BCUT2D eigenvalue weighted by Crippen LogP contribution is 2.22. The molecule has 0 radical (unpaired) electrons. The fourth-order valence-corrected chi connectivity index (χ4v) is 1.35. The van der Waals surface area contributed by atoms with Crippen molar-refractivity contribution >= 4 is 16.6 Å². The van der Waals surface area contributed by atoms with Crippen molar-refractivity contribution in [2.45, 2.75) is 6.92 Å². The number of nitrogens with zero attached hydrogens (tertiary/aromatic N) is 4. The molecule has 2 aromatic rings. The minimum absolute atomic E-state index is 0.589.